The van der Waals surface area contributed by atoms with Crippen LogP contribution in [0.5, 0.6) is 11.5 Å². The number of aromatic nitrogens is 2. The van der Waals surface area contributed by atoms with E-state index in [-0.39, 0.29) is 12.4 Å². The van der Waals surface area contributed by atoms with Crippen LogP contribution in [0.25, 0.3) is 11.3 Å². The summed E-state index contributed by atoms with van der Waals surface area (Å²) in [6.07, 6.45) is 1.57. The maximum Gasteiger partial charge on any atom is 0.339 e. The van der Waals surface area contributed by atoms with Crippen LogP contribution in [0.1, 0.15) is 24.2 Å². The van der Waals surface area contributed by atoms with E-state index < -0.39 is 5.97 Å². The first-order chi connectivity index (χ1) is 10.0. The molecule has 0 unspecified atom stereocenters. The standard InChI is InChI=1S/C15H16N2O4/c1-9(2)6-17-7-11(15(18)19)14(16-17)10-3-4-12-13(5-10)21-8-20-12/h3-5,7,9H,6,8H2,1-2H3,(H,18,19). The summed E-state index contributed by atoms with van der Waals surface area (Å²) in [6.45, 7) is 4.97. The molecule has 21 heavy (non-hydrogen) atoms. The first kappa shape index (κ1) is 13.5. The average molecular weight is 288 g/mol. The van der Waals surface area contributed by atoms with Gasteiger partial charge in [-0.25, -0.2) is 4.79 Å². The molecule has 3 rings (SSSR count). The van der Waals surface area contributed by atoms with Crippen LogP contribution in [-0.4, -0.2) is 27.6 Å². The fourth-order valence-electron chi connectivity index (χ4n) is 2.30. The van der Waals surface area contributed by atoms with E-state index in [1.165, 1.54) is 0 Å². The number of carboxylic acids is 1. The van der Waals surface area contributed by atoms with Crippen LogP contribution in [0, 0.1) is 5.92 Å². The molecule has 0 saturated heterocycles. The summed E-state index contributed by atoms with van der Waals surface area (Å²) >= 11 is 0. The lowest BCUT2D eigenvalue weighted by Gasteiger charge is -2.04. The fourth-order valence-corrected chi connectivity index (χ4v) is 2.30. The average Bonchev–Trinajstić information content (AvgIpc) is 3.02. The van der Waals surface area contributed by atoms with Gasteiger partial charge in [-0.1, -0.05) is 13.8 Å². The van der Waals surface area contributed by atoms with Gasteiger partial charge in [-0.3, -0.25) is 4.68 Å². The van der Waals surface area contributed by atoms with E-state index in [4.69, 9.17) is 9.47 Å². The highest BCUT2D eigenvalue weighted by molar-refractivity contribution is 5.94. The Morgan fingerprint density at radius 3 is 2.86 bits per heavy atom. The van der Waals surface area contributed by atoms with Crippen molar-refractivity contribution in [2.24, 2.45) is 5.92 Å². The van der Waals surface area contributed by atoms with Gasteiger partial charge >= 0.3 is 5.97 Å². The molecule has 2 heterocycles. The molecular weight excluding hydrogens is 272 g/mol. The van der Waals surface area contributed by atoms with Gasteiger partial charge in [0.1, 0.15) is 11.3 Å². The Hall–Kier alpha value is -2.50. The van der Waals surface area contributed by atoms with Gasteiger partial charge in [-0.05, 0) is 24.1 Å². The van der Waals surface area contributed by atoms with Crippen molar-refractivity contribution >= 4 is 5.97 Å². The second-order valence-electron chi connectivity index (χ2n) is 5.38. The summed E-state index contributed by atoms with van der Waals surface area (Å²) in [5.74, 6) is 0.674. The Balaban J connectivity index is 2.04. The van der Waals surface area contributed by atoms with Crippen molar-refractivity contribution in [3.8, 4) is 22.8 Å². The van der Waals surface area contributed by atoms with Crippen molar-refractivity contribution in [2.75, 3.05) is 6.79 Å². The number of hydrogen-bond acceptors (Lipinski definition) is 4. The van der Waals surface area contributed by atoms with E-state index in [2.05, 4.69) is 18.9 Å². The third kappa shape index (κ3) is 2.56. The molecule has 6 nitrogen and oxygen atoms in total. The van der Waals surface area contributed by atoms with E-state index in [9.17, 15) is 9.90 Å². The number of hydrogen-bond donors (Lipinski definition) is 1. The molecule has 0 fully saturated rings. The van der Waals surface area contributed by atoms with Crippen LogP contribution < -0.4 is 9.47 Å². The van der Waals surface area contributed by atoms with Crippen LogP contribution in [0.3, 0.4) is 0 Å². The Morgan fingerprint density at radius 1 is 1.38 bits per heavy atom. The summed E-state index contributed by atoms with van der Waals surface area (Å²) in [4.78, 5) is 11.4. The van der Waals surface area contributed by atoms with E-state index >= 15 is 0 Å². The van der Waals surface area contributed by atoms with Gasteiger partial charge in [0.25, 0.3) is 0 Å². The summed E-state index contributed by atoms with van der Waals surface area (Å²) in [7, 11) is 0. The van der Waals surface area contributed by atoms with Crippen molar-refractivity contribution in [1.82, 2.24) is 9.78 Å². The Kier molecular flexibility index (Phi) is 3.29. The number of benzene rings is 1. The molecule has 0 aliphatic carbocycles. The van der Waals surface area contributed by atoms with E-state index in [1.54, 1.807) is 29.1 Å². The van der Waals surface area contributed by atoms with Gasteiger partial charge < -0.3 is 14.6 Å². The number of ether oxygens (including phenoxy) is 2. The molecule has 0 radical (unpaired) electrons. The Morgan fingerprint density at radius 2 is 2.14 bits per heavy atom. The summed E-state index contributed by atoms with van der Waals surface area (Å²) in [5.41, 5.74) is 1.34. The quantitative estimate of drug-likeness (QED) is 0.936. The van der Waals surface area contributed by atoms with E-state index in [1.807, 2.05) is 0 Å². The lowest BCUT2D eigenvalue weighted by Crippen LogP contribution is -2.04. The maximum absolute atomic E-state index is 11.4. The molecule has 6 heteroatoms. The topological polar surface area (TPSA) is 73.6 Å². The summed E-state index contributed by atoms with van der Waals surface area (Å²) < 4.78 is 12.3. The molecule has 1 aromatic heterocycles. The highest BCUT2D eigenvalue weighted by Crippen LogP contribution is 2.36. The fraction of sp³-hybridized carbons (Fsp3) is 0.333. The van der Waals surface area contributed by atoms with Gasteiger partial charge in [0.2, 0.25) is 6.79 Å². The zero-order chi connectivity index (χ0) is 15.0. The number of fused-ring (bicyclic) bond motifs is 1. The molecule has 0 bridgehead atoms. The van der Waals surface area contributed by atoms with Gasteiger partial charge in [0.05, 0.1) is 0 Å². The minimum atomic E-state index is -0.988. The largest absolute Gasteiger partial charge is 0.478 e. The van der Waals surface area contributed by atoms with Gasteiger partial charge in [0.15, 0.2) is 11.5 Å². The molecule has 1 aromatic carbocycles. The molecule has 0 saturated carbocycles. The first-order valence-electron chi connectivity index (χ1n) is 6.75. The van der Waals surface area contributed by atoms with Crippen molar-refractivity contribution in [3.05, 3.63) is 30.0 Å². The minimum Gasteiger partial charge on any atom is -0.478 e. The second-order valence-corrected chi connectivity index (χ2v) is 5.38. The maximum atomic E-state index is 11.4. The Labute approximate surface area is 121 Å². The number of carboxylic acid groups (broad SMARTS) is 1. The predicted molar refractivity (Wildman–Crippen MR) is 75.6 cm³/mol. The lowest BCUT2D eigenvalue weighted by atomic mass is 10.1. The second kappa shape index (κ2) is 5.12. The zero-order valence-corrected chi connectivity index (χ0v) is 11.9. The van der Waals surface area contributed by atoms with Crippen LogP contribution >= 0.6 is 0 Å². The smallest absolute Gasteiger partial charge is 0.339 e. The predicted octanol–water partition coefficient (Wildman–Crippen LogP) is 2.63. The molecule has 0 spiro atoms. The van der Waals surface area contributed by atoms with Crippen molar-refractivity contribution < 1.29 is 19.4 Å². The molecule has 1 aliphatic heterocycles. The normalized spacial score (nSPS) is 12.9. The van der Waals surface area contributed by atoms with Crippen LogP contribution in [0.2, 0.25) is 0 Å². The molecule has 2 aromatic rings. The van der Waals surface area contributed by atoms with Crippen LogP contribution in [-0.2, 0) is 6.54 Å². The van der Waals surface area contributed by atoms with Crippen molar-refractivity contribution in [3.63, 3.8) is 0 Å². The van der Waals surface area contributed by atoms with Gasteiger partial charge in [-0.2, -0.15) is 5.10 Å². The minimum absolute atomic E-state index is 0.187. The molecule has 1 aliphatic rings. The highest BCUT2D eigenvalue weighted by atomic mass is 16.7. The molecular formula is C15H16N2O4. The third-order valence-corrected chi connectivity index (χ3v) is 3.19. The summed E-state index contributed by atoms with van der Waals surface area (Å²) in [5, 5.41) is 13.8. The van der Waals surface area contributed by atoms with Crippen LogP contribution in [0.15, 0.2) is 24.4 Å². The van der Waals surface area contributed by atoms with E-state index in [0.29, 0.717) is 35.2 Å². The number of aromatic carboxylic acids is 1. The molecule has 0 amide bonds. The first-order valence-corrected chi connectivity index (χ1v) is 6.75. The van der Waals surface area contributed by atoms with Crippen molar-refractivity contribution in [2.45, 2.75) is 20.4 Å². The molecule has 1 N–H and O–H groups in total. The number of nitrogens with zero attached hydrogens (tertiary/aromatic N) is 2. The summed E-state index contributed by atoms with van der Waals surface area (Å²) in [6, 6.07) is 5.32. The van der Waals surface area contributed by atoms with Gasteiger partial charge in [-0.15, -0.1) is 0 Å². The highest BCUT2D eigenvalue weighted by Gasteiger charge is 2.20. The SMILES string of the molecule is CC(C)Cn1cc(C(=O)O)c(-c2ccc3c(c2)OCO3)n1. The van der Waals surface area contributed by atoms with Crippen molar-refractivity contribution in [1.29, 1.82) is 0 Å². The molecule has 110 valence electrons. The zero-order valence-electron chi connectivity index (χ0n) is 11.9. The number of carbonyl (C=O) groups is 1. The number of rotatable bonds is 4. The lowest BCUT2D eigenvalue weighted by molar-refractivity contribution is 0.0697. The van der Waals surface area contributed by atoms with Crippen LogP contribution in [0.4, 0.5) is 0 Å². The monoisotopic (exact) mass is 288 g/mol. The van der Waals surface area contributed by atoms with E-state index in [0.717, 1.165) is 0 Å². The molecule has 0 atom stereocenters. The third-order valence-electron chi connectivity index (χ3n) is 3.19. The van der Waals surface area contributed by atoms with Gasteiger partial charge in [0, 0.05) is 18.3 Å². The Bertz CT molecular complexity index is 691.